The largest absolute Gasteiger partial charge is 0.217 e. The molecular weight excluding hydrogens is 324 g/mol. The lowest BCUT2D eigenvalue weighted by Crippen LogP contribution is -2.22. The number of thioether (sulfide) groups is 1. The third kappa shape index (κ3) is 2.99. The highest BCUT2D eigenvalue weighted by atomic mass is 79.9. The summed E-state index contributed by atoms with van der Waals surface area (Å²) < 4.78 is 2.08. The molecule has 0 radical (unpaired) electrons. The van der Waals surface area contributed by atoms with Crippen LogP contribution in [0.4, 0.5) is 0 Å². The first-order valence-electron chi connectivity index (χ1n) is 7.30. The minimum absolute atomic E-state index is 0.469. The second-order valence-electron chi connectivity index (χ2n) is 5.97. The molecule has 0 spiro atoms. The number of alkyl halides is 1. The Balaban J connectivity index is 1.65. The average molecular weight is 345 g/mol. The van der Waals surface area contributed by atoms with Gasteiger partial charge in [-0.3, -0.25) is 0 Å². The first-order chi connectivity index (χ1) is 9.33. The van der Waals surface area contributed by atoms with Crippen molar-refractivity contribution in [3.63, 3.8) is 0 Å². The quantitative estimate of drug-likeness (QED) is 0.601. The molecule has 3 rings (SSSR count). The van der Waals surface area contributed by atoms with E-state index in [0.29, 0.717) is 11.5 Å². The number of rotatable bonds is 5. The van der Waals surface area contributed by atoms with Crippen LogP contribution in [-0.2, 0) is 0 Å². The van der Waals surface area contributed by atoms with Crippen LogP contribution < -0.4 is 0 Å². The predicted molar refractivity (Wildman–Crippen MR) is 80.7 cm³/mol. The number of nitrogens with zero attached hydrogens (tertiary/aromatic N) is 4. The Morgan fingerprint density at radius 1 is 1.21 bits per heavy atom. The van der Waals surface area contributed by atoms with E-state index in [2.05, 4.69) is 36.1 Å². The molecule has 0 bridgehead atoms. The molecule has 0 unspecified atom stereocenters. The van der Waals surface area contributed by atoms with E-state index in [1.165, 1.54) is 51.4 Å². The maximum Gasteiger partial charge on any atom is 0.209 e. The van der Waals surface area contributed by atoms with Crippen LogP contribution in [0.1, 0.15) is 57.4 Å². The molecular formula is C13H21BrN4S. The molecule has 0 N–H and O–H groups in total. The van der Waals surface area contributed by atoms with Crippen LogP contribution in [0.5, 0.6) is 0 Å². The van der Waals surface area contributed by atoms with Crippen LogP contribution in [0.3, 0.4) is 0 Å². The van der Waals surface area contributed by atoms with Crippen molar-refractivity contribution in [3.05, 3.63) is 0 Å². The standard InChI is InChI=1S/C13H21BrN4S/c14-9-13(7-3-4-8-13)10-19-12-15-16-17-18(12)11-5-1-2-6-11/h11H,1-10H2. The van der Waals surface area contributed by atoms with Gasteiger partial charge in [0.25, 0.3) is 0 Å². The van der Waals surface area contributed by atoms with Gasteiger partial charge in [0.1, 0.15) is 0 Å². The lowest BCUT2D eigenvalue weighted by atomic mass is 9.92. The van der Waals surface area contributed by atoms with Gasteiger partial charge in [0.2, 0.25) is 5.16 Å². The molecule has 0 saturated heterocycles. The van der Waals surface area contributed by atoms with Gasteiger partial charge in [0.15, 0.2) is 0 Å². The number of tetrazole rings is 1. The van der Waals surface area contributed by atoms with Gasteiger partial charge in [-0.25, -0.2) is 4.68 Å². The first-order valence-corrected chi connectivity index (χ1v) is 9.40. The molecule has 0 atom stereocenters. The summed E-state index contributed by atoms with van der Waals surface area (Å²) in [5.74, 6) is 1.14. The minimum atomic E-state index is 0.469. The van der Waals surface area contributed by atoms with E-state index in [0.717, 1.165) is 16.2 Å². The van der Waals surface area contributed by atoms with Gasteiger partial charge in [-0.05, 0) is 41.5 Å². The number of hydrogen-bond acceptors (Lipinski definition) is 4. The normalized spacial score (nSPS) is 23.2. The van der Waals surface area contributed by atoms with Crippen molar-refractivity contribution in [2.75, 3.05) is 11.1 Å². The van der Waals surface area contributed by atoms with E-state index < -0.39 is 0 Å². The van der Waals surface area contributed by atoms with E-state index >= 15 is 0 Å². The Hall–Kier alpha value is -0.100. The van der Waals surface area contributed by atoms with E-state index in [1.54, 1.807) is 0 Å². The number of aromatic nitrogens is 4. The summed E-state index contributed by atoms with van der Waals surface area (Å²) in [5.41, 5.74) is 0.469. The summed E-state index contributed by atoms with van der Waals surface area (Å²) in [6, 6.07) is 0.543. The van der Waals surface area contributed by atoms with Gasteiger partial charge in [0.05, 0.1) is 6.04 Å². The molecule has 2 saturated carbocycles. The molecule has 19 heavy (non-hydrogen) atoms. The predicted octanol–water partition coefficient (Wildman–Crippen LogP) is 3.84. The van der Waals surface area contributed by atoms with Crippen molar-refractivity contribution in [2.24, 2.45) is 5.41 Å². The SMILES string of the molecule is BrCC1(CSc2nnnn2C2CCCC2)CCCC1. The molecule has 2 fully saturated rings. The van der Waals surface area contributed by atoms with Crippen LogP contribution in [0, 0.1) is 5.41 Å². The monoisotopic (exact) mass is 344 g/mol. The van der Waals surface area contributed by atoms with Crippen molar-refractivity contribution >= 4 is 27.7 Å². The van der Waals surface area contributed by atoms with Crippen LogP contribution in [0.2, 0.25) is 0 Å². The van der Waals surface area contributed by atoms with Crippen LogP contribution >= 0.6 is 27.7 Å². The third-order valence-electron chi connectivity index (χ3n) is 4.59. The zero-order valence-electron chi connectivity index (χ0n) is 11.2. The zero-order valence-corrected chi connectivity index (χ0v) is 13.6. The molecule has 1 aromatic rings. The van der Waals surface area contributed by atoms with E-state index in [4.69, 9.17) is 0 Å². The summed E-state index contributed by atoms with van der Waals surface area (Å²) in [6.45, 7) is 0. The fraction of sp³-hybridized carbons (Fsp3) is 0.923. The van der Waals surface area contributed by atoms with Crippen molar-refractivity contribution in [2.45, 2.75) is 62.6 Å². The van der Waals surface area contributed by atoms with Crippen LogP contribution in [0.15, 0.2) is 5.16 Å². The lowest BCUT2D eigenvalue weighted by molar-refractivity contribution is 0.401. The highest BCUT2D eigenvalue weighted by Gasteiger charge is 2.33. The second-order valence-corrected chi connectivity index (χ2v) is 7.48. The van der Waals surface area contributed by atoms with Crippen molar-refractivity contribution < 1.29 is 0 Å². The summed E-state index contributed by atoms with van der Waals surface area (Å²) in [7, 11) is 0. The first kappa shape index (κ1) is 13.9. The summed E-state index contributed by atoms with van der Waals surface area (Å²) in [5, 5.41) is 14.5. The Morgan fingerprint density at radius 2 is 1.95 bits per heavy atom. The van der Waals surface area contributed by atoms with Gasteiger partial charge in [0, 0.05) is 11.1 Å². The van der Waals surface area contributed by atoms with Crippen molar-refractivity contribution in [1.29, 1.82) is 0 Å². The molecule has 1 aromatic heterocycles. The molecule has 6 heteroatoms. The Bertz CT molecular complexity index is 411. The molecule has 106 valence electrons. The van der Waals surface area contributed by atoms with Gasteiger partial charge in [-0.2, -0.15) is 0 Å². The van der Waals surface area contributed by atoms with Crippen LogP contribution in [-0.4, -0.2) is 31.3 Å². The molecule has 1 heterocycles. The van der Waals surface area contributed by atoms with Gasteiger partial charge < -0.3 is 0 Å². The molecule has 0 aliphatic heterocycles. The van der Waals surface area contributed by atoms with Crippen molar-refractivity contribution in [3.8, 4) is 0 Å². The average Bonchev–Trinajstić information content (AvgIpc) is 3.17. The molecule has 2 aliphatic carbocycles. The fourth-order valence-corrected chi connectivity index (χ4v) is 5.58. The van der Waals surface area contributed by atoms with Gasteiger partial charge >= 0.3 is 0 Å². The van der Waals surface area contributed by atoms with Crippen molar-refractivity contribution in [1.82, 2.24) is 20.2 Å². The highest BCUT2D eigenvalue weighted by molar-refractivity contribution is 9.09. The highest BCUT2D eigenvalue weighted by Crippen LogP contribution is 2.43. The smallest absolute Gasteiger partial charge is 0.209 e. The summed E-state index contributed by atoms with van der Waals surface area (Å²) in [6.07, 6.45) is 10.6. The molecule has 2 aliphatic rings. The third-order valence-corrected chi connectivity index (χ3v) is 7.06. The second kappa shape index (κ2) is 6.12. The minimum Gasteiger partial charge on any atom is -0.217 e. The Labute approximate surface area is 127 Å². The summed E-state index contributed by atoms with van der Waals surface area (Å²) in [4.78, 5) is 0. The number of hydrogen-bond donors (Lipinski definition) is 0. The van der Waals surface area contributed by atoms with Gasteiger partial charge in [-0.1, -0.05) is 53.4 Å². The molecule has 0 amide bonds. The van der Waals surface area contributed by atoms with E-state index in [9.17, 15) is 0 Å². The van der Waals surface area contributed by atoms with Crippen LogP contribution in [0.25, 0.3) is 0 Å². The van der Waals surface area contributed by atoms with E-state index in [1.807, 2.05) is 11.8 Å². The Morgan fingerprint density at radius 3 is 2.63 bits per heavy atom. The number of halogens is 1. The lowest BCUT2D eigenvalue weighted by Gasteiger charge is -2.25. The van der Waals surface area contributed by atoms with E-state index in [-0.39, 0.29) is 0 Å². The maximum atomic E-state index is 4.24. The topological polar surface area (TPSA) is 43.6 Å². The maximum absolute atomic E-state index is 4.24. The molecule has 4 nitrogen and oxygen atoms in total. The molecule has 0 aromatic carbocycles. The zero-order chi connectivity index (χ0) is 13.1. The van der Waals surface area contributed by atoms with Gasteiger partial charge in [-0.15, -0.1) is 5.10 Å². The fourth-order valence-electron chi connectivity index (χ4n) is 3.32. The summed E-state index contributed by atoms with van der Waals surface area (Å²) >= 11 is 5.57. The Kier molecular flexibility index (Phi) is 4.47.